The van der Waals surface area contributed by atoms with Gasteiger partial charge in [0.25, 0.3) is 0 Å². The van der Waals surface area contributed by atoms with Crippen LogP contribution in [0.25, 0.3) is 11.3 Å². The number of hydrogen-bond donors (Lipinski definition) is 1. The molecule has 0 saturated heterocycles. The maximum Gasteiger partial charge on any atom is 0.110 e. The molecule has 5 heteroatoms. The second-order valence-corrected chi connectivity index (χ2v) is 5.85. The Kier molecular flexibility index (Phi) is 4.69. The maximum atomic E-state index is 5.89. The quantitative estimate of drug-likeness (QED) is 0.910. The van der Waals surface area contributed by atoms with E-state index >= 15 is 0 Å². The highest BCUT2D eigenvalue weighted by atomic mass is 35.5. The third-order valence-electron chi connectivity index (χ3n) is 2.51. The second kappa shape index (κ2) is 6.27. The zero-order chi connectivity index (χ0) is 13.0. The summed E-state index contributed by atoms with van der Waals surface area (Å²) < 4.78 is 4.04. The minimum Gasteiger partial charge on any atom is -0.311 e. The Morgan fingerprint density at radius 3 is 2.67 bits per heavy atom. The van der Waals surface area contributed by atoms with Crippen molar-refractivity contribution < 1.29 is 0 Å². The Balaban J connectivity index is 2.10. The molecule has 18 heavy (non-hydrogen) atoms. The fourth-order valence-electron chi connectivity index (χ4n) is 1.63. The molecule has 96 valence electrons. The zero-order valence-corrected chi connectivity index (χ0v) is 12.1. The summed E-state index contributed by atoms with van der Waals surface area (Å²) in [5.74, 6) is 0.643. The van der Waals surface area contributed by atoms with Gasteiger partial charge < -0.3 is 5.32 Å². The number of benzene rings is 1. The molecule has 0 aliphatic carbocycles. The average Bonchev–Trinajstić information content (AvgIpc) is 2.78. The van der Waals surface area contributed by atoms with Crippen molar-refractivity contribution in [1.82, 2.24) is 14.9 Å². The monoisotopic (exact) mass is 281 g/mol. The second-order valence-electron chi connectivity index (χ2n) is 4.58. The first-order valence-corrected chi connectivity index (χ1v) is 7.10. The summed E-state index contributed by atoms with van der Waals surface area (Å²) in [4.78, 5) is 1.16. The van der Waals surface area contributed by atoms with Crippen molar-refractivity contribution in [2.75, 3.05) is 6.54 Å². The van der Waals surface area contributed by atoms with Gasteiger partial charge in [0.15, 0.2) is 0 Å². The summed E-state index contributed by atoms with van der Waals surface area (Å²) in [7, 11) is 0. The van der Waals surface area contributed by atoms with Gasteiger partial charge in [-0.05, 0) is 36.1 Å². The first-order valence-electron chi connectivity index (χ1n) is 5.94. The van der Waals surface area contributed by atoms with Crippen LogP contribution >= 0.6 is 23.1 Å². The van der Waals surface area contributed by atoms with Crippen LogP contribution < -0.4 is 5.32 Å². The van der Waals surface area contributed by atoms with Crippen LogP contribution in [0.15, 0.2) is 24.3 Å². The number of nitrogens with zero attached hydrogens (tertiary/aromatic N) is 2. The van der Waals surface area contributed by atoms with E-state index < -0.39 is 0 Å². The van der Waals surface area contributed by atoms with Gasteiger partial charge in [0.1, 0.15) is 5.69 Å². The van der Waals surface area contributed by atoms with Crippen molar-refractivity contribution in [1.29, 1.82) is 0 Å². The van der Waals surface area contributed by atoms with Gasteiger partial charge in [-0.15, -0.1) is 5.10 Å². The van der Waals surface area contributed by atoms with E-state index in [0.29, 0.717) is 5.92 Å². The van der Waals surface area contributed by atoms with E-state index in [0.717, 1.165) is 34.2 Å². The standard InChI is InChI=1S/C13H16ClN3S/c1-9(2)7-15-8-12-13(16-17-18-12)10-3-5-11(14)6-4-10/h3-6,9,15H,7-8H2,1-2H3. The van der Waals surface area contributed by atoms with Crippen molar-refractivity contribution in [2.45, 2.75) is 20.4 Å². The molecule has 0 atom stereocenters. The van der Waals surface area contributed by atoms with Crippen LogP contribution in [0, 0.1) is 5.92 Å². The highest BCUT2D eigenvalue weighted by Gasteiger charge is 2.10. The Labute approximate surface area is 116 Å². The van der Waals surface area contributed by atoms with Gasteiger partial charge in [0.05, 0.1) is 4.88 Å². The molecule has 1 heterocycles. The van der Waals surface area contributed by atoms with Gasteiger partial charge in [0.2, 0.25) is 0 Å². The fraction of sp³-hybridized carbons (Fsp3) is 0.385. The molecule has 0 saturated carbocycles. The minimum atomic E-state index is 0.643. The van der Waals surface area contributed by atoms with Crippen molar-refractivity contribution in [3.8, 4) is 11.3 Å². The summed E-state index contributed by atoms with van der Waals surface area (Å²) in [6, 6.07) is 7.71. The van der Waals surface area contributed by atoms with Crippen LogP contribution in [0.3, 0.4) is 0 Å². The summed E-state index contributed by atoms with van der Waals surface area (Å²) in [5, 5.41) is 8.35. The highest BCUT2D eigenvalue weighted by Crippen LogP contribution is 2.25. The van der Waals surface area contributed by atoms with E-state index in [9.17, 15) is 0 Å². The molecular weight excluding hydrogens is 266 g/mol. The summed E-state index contributed by atoms with van der Waals surface area (Å²) >= 11 is 7.33. The molecule has 3 nitrogen and oxygen atoms in total. The first kappa shape index (κ1) is 13.5. The largest absolute Gasteiger partial charge is 0.311 e. The molecule has 0 amide bonds. The molecule has 0 bridgehead atoms. The van der Waals surface area contributed by atoms with Gasteiger partial charge in [-0.3, -0.25) is 0 Å². The number of hydrogen-bond acceptors (Lipinski definition) is 4. The number of nitrogens with one attached hydrogen (secondary N) is 1. The van der Waals surface area contributed by atoms with Crippen molar-refractivity contribution in [3.63, 3.8) is 0 Å². The van der Waals surface area contributed by atoms with Crippen LogP contribution in [0.5, 0.6) is 0 Å². The summed E-state index contributed by atoms with van der Waals surface area (Å²) in [5.41, 5.74) is 2.02. The molecule has 2 rings (SSSR count). The number of aromatic nitrogens is 2. The summed E-state index contributed by atoms with van der Waals surface area (Å²) in [6.07, 6.45) is 0. The van der Waals surface area contributed by atoms with E-state index in [1.807, 2.05) is 24.3 Å². The topological polar surface area (TPSA) is 37.8 Å². The maximum absolute atomic E-state index is 5.89. The predicted molar refractivity (Wildman–Crippen MR) is 76.9 cm³/mol. The van der Waals surface area contributed by atoms with E-state index in [4.69, 9.17) is 11.6 Å². The molecule has 0 aliphatic rings. The lowest BCUT2D eigenvalue weighted by Gasteiger charge is -2.06. The molecule has 0 spiro atoms. The molecule has 0 unspecified atom stereocenters. The molecule has 0 fully saturated rings. The van der Waals surface area contributed by atoms with E-state index in [-0.39, 0.29) is 0 Å². The third-order valence-corrected chi connectivity index (χ3v) is 3.49. The number of rotatable bonds is 5. The fourth-order valence-corrected chi connectivity index (χ4v) is 2.39. The van der Waals surface area contributed by atoms with Gasteiger partial charge in [-0.25, -0.2) is 0 Å². The predicted octanol–water partition coefficient (Wildman–Crippen LogP) is 3.60. The SMILES string of the molecule is CC(C)CNCc1snnc1-c1ccc(Cl)cc1. The molecule has 1 aromatic carbocycles. The average molecular weight is 282 g/mol. The van der Waals surface area contributed by atoms with Crippen LogP contribution in [0.2, 0.25) is 5.02 Å². The lowest BCUT2D eigenvalue weighted by atomic mass is 10.1. The van der Waals surface area contributed by atoms with Crippen LogP contribution in [-0.2, 0) is 6.54 Å². The smallest absolute Gasteiger partial charge is 0.110 e. The van der Waals surface area contributed by atoms with Crippen molar-refractivity contribution in [3.05, 3.63) is 34.2 Å². The normalized spacial score (nSPS) is 11.1. The molecule has 0 radical (unpaired) electrons. The lowest BCUT2D eigenvalue weighted by molar-refractivity contribution is 0.555. The minimum absolute atomic E-state index is 0.643. The van der Waals surface area contributed by atoms with Crippen LogP contribution in [0.1, 0.15) is 18.7 Å². The van der Waals surface area contributed by atoms with E-state index in [2.05, 4.69) is 28.8 Å². The molecule has 0 aliphatic heterocycles. The molecule has 1 N–H and O–H groups in total. The first-order chi connectivity index (χ1) is 8.66. The van der Waals surface area contributed by atoms with Crippen molar-refractivity contribution in [2.24, 2.45) is 5.92 Å². The van der Waals surface area contributed by atoms with Crippen LogP contribution in [-0.4, -0.2) is 16.1 Å². The Hall–Kier alpha value is -0.970. The lowest BCUT2D eigenvalue weighted by Crippen LogP contribution is -2.18. The van der Waals surface area contributed by atoms with E-state index in [1.165, 1.54) is 11.5 Å². The third kappa shape index (κ3) is 3.51. The zero-order valence-electron chi connectivity index (χ0n) is 10.5. The molecular formula is C13H16ClN3S. The van der Waals surface area contributed by atoms with Crippen LogP contribution in [0.4, 0.5) is 0 Å². The highest BCUT2D eigenvalue weighted by molar-refractivity contribution is 7.05. The van der Waals surface area contributed by atoms with E-state index in [1.54, 1.807) is 0 Å². The van der Waals surface area contributed by atoms with Gasteiger partial charge in [0, 0.05) is 17.1 Å². The number of halogens is 1. The van der Waals surface area contributed by atoms with Gasteiger partial charge in [-0.1, -0.05) is 42.1 Å². The Morgan fingerprint density at radius 2 is 2.00 bits per heavy atom. The van der Waals surface area contributed by atoms with Crippen molar-refractivity contribution >= 4 is 23.1 Å². The molecule has 2 aromatic rings. The van der Waals surface area contributed by atoms with Gasteiger partial charge in [-0.2, -0.15) is 0 Å². The Bertz CT molecular complexity index is 493. The van der Waals surface area contributed by atoms with Gasteiger partial charge >= 0.3 is 0 Å². The molecule has 1 aromatic heterocycles. The Morgan fingerprint density at radius 1 is 1.28 bits per heavy atom. The summed E-state index contributed by atoms with van der Waals surface area (Å²) in [6.45, 7) is 6.20.